The van der Waals surface area contributed by atoms with E-state index in [0.29, 0.717) is 11.1 Å². The summed E-state index contributed by atoms with van der Waals surface area (Å²) in [5, 5.41) is 9.61. The molecule has 2 aromatic carbocycles. The number of carboxylic acid groups (broad SMARTS) is 1. The summed E-state index contributed by atoms with van der Waals surface area (Å²) in [6, 6.07) is 17.9. The predicted molar refractivity (Wildman–Crippen MR) is 73.0 cm³/mol. The van der Waals surface area contributed by atoms with Crippen LogP contribution in [-0.2, 0) is 15.1 Å². The van der Waals surface area contributed by atoms with E-state index in [2.05, 4.69) is 0 Å². The van der Waals surface area contributed by atoms with Crippen LogP contribution in [-0.4, -0.2) is 23.7 Å². The molecule has 0 aromatic heterocycles. The first-order valence-corrected chi connectivity index (χ1v) is 5.61. The second-order valence-corrected chi connectivity index (χ2v) is 3.92. The van der Waals surface area contributed by atoms with E-state index in [1.54, 1.807) is 48.5 Å². The molecule has 0 spiro atoms. The first kappa shape index (κ1) is 18.8. The zero-order chi connectivity index (χ0) is 13.0. The fourth-order valence-electron chi connectivity index (χ4n) is 2.08. The van der Waals surface area contributed by atoms with Gasteiger partial charge in [0.05, 0.1) is 0 Å². The Kier molecular flexibility index (Phi) is 7.71. The number of rotatable bonds is 4. The molecule has 102 valence electrons. The quantitative estimate of drug-likeness (QED) is 0.728. The molecule has 3 N–H and O–H groups in total. The molecule has 0 aliphatic heterocycles. The van der Waals surface area contributed by atoms with Gasteiger partial charge in [0.1, 0.15) is 0 Å². The third kappa shape index (κ3) is 3.29. The normalized spacial score (nSPS) is 10.1. The smallest absolute Gasteiger partial charge is 1.00 e. The van der Waals surface area contributed by atoms with E-state index in [1.165, 1.54) is 7.11 Å². The van der Waals surface area contributed by atoms with Gasteiger partial charge in [0.2, 0.25) is 5.60 Å². The molecule has 0 atom stereocenters. The summed E-state index contributed by atoms with van der Waals surface area (Å²) in [4.78, 5) is 11.7. The van der Waals surface area contributed by atoms with Crippen molar-refractivity contribution < 1.29 is 51.1 Å². The van der Waals surface area contributed by atoms with E-state index >= 15 is 0 Å². The molecule has 0 bridgehead atoms. The Morgan fingerprint density at radius 2 is 1.35 bits per heavy atom. The van der Waals surface area contributed by atoms with Gasteiger partial charge in [0, 0.05) is 7.11 Å². The topological polar surface area (TPSA) is 78.0 Å². The Morgan fingerprint density at radius 3 is 1.60 bits per heavy atom. The molecule has 0 saturated carbocycles. The van der Waals surface area contributed by atoms with Crippen molar-refractivity contribution in [2.24, 2.45) is 0 Å². The van der Waals surface area contributed by atoms with Crippen molar-refractivity contribution in [3.8, 4) is 0 Å². The van der Waals surface area contributed by atoms with E-state index in [1.807, 2.05) is 12.1 Å². The number of hydrogen-bond donors (Lipinski definition) is 1. The van der Waals surface area contributed by atoms with Crippen molar-refractivity contribution in [1.29, 1.82) is 0 Å². The average molecular weight is 284 g/mol. The maximum Gasteiger partial charge on any atom is 1.00 e. The van der Waals surface area contributed by atoms with Crippen molar-refractivity contribution in [3.05, 3.63) is 71.8 Å². The molecule has 0 aliphatic rings. The first-order chi connectivity index (χ1) is 8.71. The minimum absolute atomic E-state index is 0. The molecule has 4 nitrogen and oxygen atoms in total. The van der Waals surface area contributed by atoms with E-state index in [-0.39, 0.29) is 36.5 Å². The second kappa shape index (κ2) is 8.19. The van der Waals surface area contributed by atoms with Crippen LogP contribution in [0.1, 0.15) is 12.6 Å². The standard InChI is InChI=1S/C15H14O3.Na.H2O.H/c1-18-15(14(16)17,12-8-4-2-5-9-12)13-10-6-3-7-11-13;;;/h2-11H,1H3,(H,16,17);;1H2;/q;+1;;-1. The van der Waals surface area contributed by atoms with Gasteiger partial charge in [-0.2, -0.15) is 0 Å². The summed E-state index contributed by atoms with van der Waals surface area (Å²) in [7, 11) is 1.41. The van der Waals surface area contributed by atoms with Crippen molar-refractivity contribution in [1.82, 2.24) is 0 Å². The molecule has 2 rings (SSSR count). The predicted octanol–water partition coefficient (Wildman–Crippen LogP) is -1.05. The summed E-state index contributed by atoms with van der Waals surface area (Å²) in [6.45, 7) is 0. The van der Waals surface area contributed by atoms with Gasteiger partial charge in [-0.15, -0.1) is 0 Å². The van der Waals surface area contributed by atoms with E-state index in [9.17, 15) is 9.90 Å². The third-order valence-electron chi connectivity index (χ3n) is 2.97. The SMILES string of the molecule is COC(C(=O)O)(c1ccccc1)c1ccccc1.O.[H-].[Na+]. The van der Waals surface area contributed by atoms with E-state index < -0.39 is 11.6 Å². The van der Waals surface area contributed by atoms with Gasteiger partial charge in [0.25, 0.3) is 0 Å². The molecule has 0 radical (unpaired) electrons. The van der Waals surface area contributed by atoms with Crippen LogP contribution in [0.4, 0.5) is 0 Å². The number of carboxylic acids is 1. The van der Waals surface area contributed by atoms with Crippen molar-refractivity contribution in [3.63, 3.8) is 0 Å². The molecule has 0 saturated heterocycles. The molecule has 0 heterocycles. The van der Waals surface area contributed by atoms with Crippen molar-refractivity contribution in [2.45, 2.75) is 5.60 Å². The zero-order valence-corrected chi connectivity index (χ0v) is 13.5. The molecule has 0 unspecified atom stereocenters. The summed E-state index contributed by atoms with van der Waals surface area (Å²) in [5.41, 5.74) is -0.250. The molecule has 20 heavy (non-hydrogen) atoms. The minimum atomic E-state index is -1.46. The summed E-state index contributed by atoms with van der Waals surface area (Å²) in [6.07, 6.45) is 0. The van der Waals surface area contributed by atoms with Gasteiger partial charge in [-0.25, -0.2) is 4.79 Å². The van der Waals surface area contributed by atoms with Crippen LogP contribution in [0.5, 0.6) is 0 Å². The number of carbonyl (C=O) groups is 1. The van der Waals surface area contributed by atoms with Crippen molar-refractivity contribution in [2.75, 3.05) is 7.11 Å². The Bertz CT molecular complexity index is 494. The summed E-state index contributed by atoms with van der Waals surface area (Å²) in [5.74, 6) is -1.03. The Hall–Kier alpha value is -1.17. The van der Waals surface area contributed by atoms with Gasteiger partial charge in [0.15, 0.2) is 0 Å². The van der Waals surface area contributed by atoms with Crippen LogP contribution >= 0.6 is 0 Å². The van der Waals surface area contributed by atoms with E-state index in [0.717, 1.165) is 0 Å². The fourth-order valence-corrected chi connectivity index (χ4v) is 2.08. The fraction of sp³-hybridized carbons (Fsp3) is 0.133. The van der Waals surface area contributed by atoms with Crippen LogP contribution in [0.3, 0.4) is 0 Å². The van der Waals surface area contributed by atoms with Gasteiger partial charge in [-0.3, -0.25) is 0 Å². The molecule has 0 amide bonds. The van der Waals surface area contributed by atoms with Crippen LogP contribution in [0.25, 0.3) is 0 Å². The van der Waals surface area contributed by atoms with Gasteiger partial charge in [-0.1, -0.05) is 60.7 Å². The van der Waals surface area contributed by atoms with Crippen LogP contribution in [0.15, 0.2) is 60.7 Å². The molecular formula is C15H17NaO4. The monoisotopic (exact) mass is 284 g/mol. The molecule has 2 aromatic rings. The maximum absolute atomic E-state index is 11.7. The molecule has 0 fully saturated rings. The molecule has 0 aliphatic carbocycles. The number of ether oxygens (including phenoxy) is 1. The third-order valence-corrected chi connectivity index (χ3v) is 2.97. The molecule has 5 heteroatoms. The number of aliphatic carboxylic acids is 1. The van der Waals surface area contributed by atoms with Crippen LogP contribution < -0.4 is 29.6 Å². The first-order valence-electron chi connectivity index (χ1n) is 5.61. The minimum Gasteiger partial charge on any atom is -1.00 e. The Balaban J connectivity index is 0. The van der Waals surface area contributed by atoms with Crippen LogP contribution in [0, 0.1) is 0 Å². The van der Waals surface area contributed by atoms with Gasteiger partial charge in [-0.05, 0) is 11.1 Å². The Labute approximate surface area is 141 Å². The number of methoxy groups -OCH3 is 1. The number of hydrogen-bond acceptors (Lipinski definition) is 2. The van der Waals surface area contributed by atoms with Gasteiger partial charge < -0.3 is 16.7 Å². The largest absolute Gasteiger partial charge is 1.00 e. The molecular weight excluding hydrogens is 267 g/mol. The zero-order valence-electron chi connectivity index (χ0n) is 12.5. The summed E-state index contributed by atoms with van der Waals surface area (Å²) < 4.78 is 5.37. The van der Waals surface area contributed by atoms with E-state index in [4.69, 9.17) is 4.74 Å². The summed E-state index contributed by atoms with van der Waals surface area (Å²) >= 11 is 0. The Morgan fingerprint density at radius 1 is 1.00 bits per heavy atom. The number of benzene rings is 2. The van der Waals surface area contributed by atoms with Gasteiger partial charge >= 0.3 is 35.5 Å². The maximum atomic E-state index is 11.7. The second-order valence-electron chi connectivity index (χ2n) is 3.92. The average Bonchev–Trinajstić information content (AvgIpc) is 2.42. The van der Waals surface area contributed by atoms with Crippen LogP contribution in [0.2, 0.25) is 0 Å². The van der Waals surface area contributed by atoms with Crippen molar-refractivity contribution >= 4 is 5.97 Å².